The van der Waals surface area contributed by atoms with Crippen molar-refractivity contribution in [2.45, 2.75) is 25.3 Å². The Morgan fingerprint density at radius 1 is 1.33 bits per heavy atom. The molecule has 1 saturated carbocycles. The van der Waals surface area contributed by atoms with E-state index in [1.165, 1.54) is 12.1 Å². The van der Waals surface area contributed by atoms with Crippen molar-refractivity contribution in [1.82, 2.24) is 10.2 Å². The lowest BCUT2D eigenvalue weighted by Gasteiger charge is -2.20. The predicted molar refractivity (Wildman–Crippen MR) is 97.4 cm³/mol. The van der Waals surface area contributed by atoms with E-state index >= 15 is 0 Å². The van der Waals surface area contributed by atoms with Crippen LogP contribution in [0.25, 0.3) is 0 Å². The number of urea groups is 1. The molecule has 4 amide bonds. The van der Waals surface area contributed by atoms with Crippen molar-refractivity contribution in [2.24, 2.45) is 5.92 Å². The number of hydrogen-bond donors (Lipinski definition) is 2. The molecule has 1 aliphatic heterocycles. The number of esters is 1. The Balaban J connectivity index is 1.50. The van der Waals surface area contributed by atoms with Gasteiger partial charge in [-0.15, -0.1) is 0 Å². The van der Waals surface area contributed by atoms with Gasteiger partial charge in [0.25, 0.3) is 11.8 Å². The van der Waals surface area contributed by atoms with Crippen molar-refractivity contribution in [2.75, 3.05) is 18.5 Å². The van der Waals surface area contributed by atoms with Crippen LogP contribution >= 0.6 is 23.2 Å². The molecule has 3 rings (SSSR count). The van der Waals surface area contributed by atoms with Crippen LogP contribution in [0.15, 0.2) is 18.2 Å². The molecule has 0 spiro atoms. The summed E-state index contributed by atoms with van der Waals surface area (Å²) in [6.45, 7) is 0.517. The Kier molecular flexibility index (Phi) is 5.30. The first kappa shape index (κ1) is 19.4. The lowest BCUT2D eigenvalue weighted by molar-refractivity contribution is -0.150. The van der Waals surface area contributed by atoms with E-state index in [0.717, 1.165) is 17.7 Å². The van der Waals surface area contributed by atoms with Crippen LogP contribution in [0.4, 0.5) is 10.5 Å². The van der Waals surface area contributed by atoms with Gasteiger partial charge < -0.3 is 15.4 Å². The van der Waals surface area contributed by atoms with E-state index in [1.54, 1.807) is 13.0 Å². The fraction of sp³-hybridized carbons (Fsp3) is 0.412. The van der Waals surface area contributed by atoms with Crippen molar-refractivity contribution in [3.05, 3.63) is 28.2 Å². The molecule has 1 saturated heterocycles. The van der Waals surface area contributed by atoms with Gasteiger partial charge in [-0.25, -0.2) is 4.79 Å². The molecule has 27 heavy (non-hydrogen) atoms. The van der Waals surface area contributed by atoms with Gasteiger partial charge in [-0.05, 0) is 43.9 Å². The second kappa shape index (κ2) is 7.36. The number of ether oxygens (including phenoxy) is 1. The lowest BCUT2D eigenvalue weighted by atomic mass is 9.96. The number of hydrogen-bond acceptors (Lipinski definition) is 5. The third-order valence-electron chi connectivity index (χ3n) is 4.55. The molecular weight excluding hydrogens is 397 g/mol. The van der Waals surface area contributed by atoms with Crippen LogP contribution in [-0.2, 0) is 19.1 Å². The Hall–Kier alpha value is -2.32. The molecule has 0 bridgehead atoms. The number of nitrogens with one attached hydrogen (secondary N) is 2. The first-order chi connectivity index (χ1) is 12.7. The van der Waals surface area contributed by atoms with Crippen LogP contribution in [0.2, 0.25) is 10.0 Å². The number of rotatable bonds is 6. The van der Waals surface area contributed by atoms with Gasteiger partial charge in [0, 0.05) is 5.02 Å². The standard InChI is InChI=1S/C17H17Cl2N3O5/c1-17(9-2-3-9)15(25)22(16(26)21-17)7-14(24)27-8-13(23)20-12-5-4-10(18)6-11(12)19/h4-6,9H,2-3,7-8H2,1H3,(H,20,23)(H,21,26)/t17-/m0/s1. The molecule has 0 radical (unpaired) electrons. The van der Waals surface area contributed by atoms with E-state index in [0.29, 0.717) is 10.7 Å². The SMILES string of the molecule is C[C@@]1(C2CC2)NC(=O)N(CC(=O)OCC(=O)Nc2ccc(Cl)cc2Cl)C1=O. The molecule has 144 valence electrons. The molecule has 8 nitrogen and oxygen atoms in total. The van der Waals surface area contributed by atoms with Crippen LogP contribution < -0.4 is 10.6 Å². The number of amides is 4. The predicted octanol–water partition coefficient (Wildman–Crippen LogP) is 2.20. The number of halogens is 2. The van der Waals surface area contributed by atoms with Crippen molar-refractivity contribution in [1.29, 1.82) is 0 Å². The summed E-state index contributed by atoms with van der Waals surface area (Å²) in [6.07, 6.45) is 1.71. The molecule has 1 heterocycles. The fourth-order valence-electron chi connectivity index (χ4n) is 2.89. The molecule has 1 aliphatic carbocycles. The largest absolute Gasteiger partial charge is 0.454 e. The summed E-state index contributed by atoms with van der Waals surface area (Å²) in [5.74, 6) is -1.85. The Morgan fingerprint density at radius 3 is 2.67 bits per heavy atom. The van der Waals surface area contributed by atoms with E-state index in [9.17, 15) is 19.2 Å². The molecule has 2 fully saturated rings. The minimum Gasteiger partial charge on any atom is -0.454 e. The second-order valence-electron chi connectivity index (χ2n) is 6.63. The molecule has 1 aromatic rings. The van der Waals surface area contributed by atoms with Crippen molar-refractivity contribution in [3.8, 4) is 0 Å². The molecule has 1 aromatic carbocycles. The maximum absolute atomic E-state index is 12.4. The summed E-state index contributed by atoms with van der Waals surface area (Å²) >= 11 is 11.7. The fourth-order valence-corrected chi connectivity index (χ4v) is 3.35. The van der Waals surface area contributed by atoms with Crippen molar-refractivity contribution in [3.63, 3.8) is 0 Å². The average molecular weight is 414 g/mol. The van der Waals surface area contributed by atoms with Crippen molar-refractivity contribution < 1.29 is 23.9 Å². The van der Waals surface area contributed by atoms with E-state index < -0.39 is 42.5 Å². The van der Waals surface area contributed by atoms with Crippen LogP contribution in [-0.4, -0.2) is 47.4 Å². The Labute approximate surface area is 165 Å². The maximum Gasteiger partial charge on any atom is 0.326 e. The molecule has 10 heteroatoms. The van der Waals surface area contributed by atoms with E-state index in [4.69, 9.17) is 27.9 Å². The highest BCUT2D eigenvalue weighted by Gasteiger charge is 2.56. The second-order valence-corrected chi connectivity index (χ2v) is 7.47. The number of imide groups is 1. The number of nitrogens with zero attached hydrogens (tertiary/aromatic N) is 1. The third kappa shape index (κ3) is 4.17. The topological polar surface area (TPSA) is 105 Å². The third-order valence-corrected chi connectivity index (χ3v) is 5.10. The number of carbonyl (C=O) groups excluding carboxylic acids is 4. The quantitative estimate of drug-likeness (QED) is 0.549. The Bertz CT molecular complexity index is 827. The molecular formula is C17H17Cl2N3O5. The van der Waals surface area contributed by atoms with Gasteiger partial charge >= 0.3 is 12.0 Å². The molecule has 0 unspecified atom stereocenters. The van der Waals surface area contributed by atoms with Gasteiger partial charge in [0.15, 0.2) is 6.61 Å². The Morgan fingerprint density at radius 2 is 2.04 bits per heavy atom. The molecule has 2 N–H and O–H groups in total. The first-order valence-electron chi connectivity index (χ1n) is 8.25. The van der Waals surface area contributed by atoms with Gasteiger partial charge in [-0.2, -0.15) is 0 Å². The van der Waals surface area contributed by atoms with Gasteiger partial charge in [0.1, 0.15) is 12.1 Å². The highest BCUT2D eigenvalue weighted by molar-refractivity contribution is 6.36. The summed E-state index contributed by atoms with van der Waals surface area (Å²) < 4.78 is 4.85. The maximum atomic E-state index is 12.4. The van der Waals surface area contributed by atoms with Crippen LogP contribution in [0.5, 0.6) is 0 Å². The summed E-state index contributed by atoms with van der Waals surface area (Å²) in [4.78, 5) is 49.1. The van der Waals surface area contributed by atoms with Crippen LogP contribution in [0, 0.1) is 5.92 Å². The van der Waals surface area contributed by atoms with Gasteiger partial charge in [0.2, 0.25) is 0 Å². The molecule has 1 atom stereocenters. The lowest BCUT2D eigenvalue weighted by Crippen LogP contribution is -2.46. The zero-order chi connectivity index (χ0) is 19.8. The average Bonchev–Trinajstić information content (AvgIpc) is 3.42. The first-order valence-corrected chi connectivity index (χ1v) is 9.01. The zero-order valence-electron chi connectivity index (χ0n) is 14.4. The number of carbonyl (C=O) groups is 4. The molecule has 2 aliphatic rings. The zero-order valence-corrected chi connectivity index (χ0v) is 15.9. The summed E-state index contributed by atoms with van der Waals surface area (Å²) in [6, 6.07) is 3.88. The summed E-state index contributed by atoms with van der Waals surface area (Å²) in [5, 5.41) is 5.75. The minimum atomic E-state index is -0.972. The number of anilines is 1. The minimum absolute atomic E-state index is 0.0878. The smallest absolute Gasteiger partial charge is 0.326 e. The van der Waals surface area contributed by atoms with E-state index in [2.05, 4.69) is 10.6 Å². The summed E-state index contributed by atoms with van der Waals surface area (Å²) in [5.41, 5.74) is -0.656. The van der Waals surface area contributed by atoms with Crippen LogP contribution in [0.1, 0.15) is 19.8 Å². The summed E-state index contributed by atoms with van der Waals surface area (Å²) in [7, 11) is 0. The highest BCUT2D eigenvalue weighted by atomic mass is 35.5. The molecule has 0 aromatic heterocycles. The van der Waals surface area contributed by atoms with Gasteiger partial charge in [0.05, 0.1) is 10.7 Å². The highest BCUT2D eigenvalue weighted by Crippen LogP contribution is 2.42. The van der Waals surface area contributed by atoms with E-state index in [-0.39, 0.29) is 10.9 Å². The number of benzene rings is 1. The van der Waals surface area contributed by atoms with Crippen LogP contribution in [0.3, 0.4) is 0 Å². The van der Waals surface area contributed by atoms with E-state index in [1.807, 2.05) is 0 Å². The van der Waals surface area contributed by atoms with Gasteiger partial charge in [-0.1, -0.05) is 23.2 Å². The normalized spacial score (nSPS) is 21.8. The monoisotopic (exact) mass is 413 g/mol. The van der Waals surface area contributed by atoms with Crippen molar-refractivity contribution >= 4 is 52.7 Å². The van der Waals surface area contributed by atoms with Gasteiger partial charge in [-0.3, -0.25) is 19.3 Å².